The first-order valence-electron chi connectivity index (χ1n) is 6.83. The lowest BCUT2D eigenvalue weighted by Gasteiger charge is -2.11. The van der Waals surface area contributed by atoms with E-state index < -0.39 is 0 Å². The van der Waals surface area contributed by atoms with Crippen molar-refractivity contribution in [2.45, 2.75) is 25.7 Å². The van der Waals surface area contributed by atoms with Crippen molar-refractivity contribution in [3.63, 3.8) is 0 Å². The zero-order valence-electron chi connectivity index (χ0n) is 11.5. The standard InChI is InChI=1S/C15H16N4S2/c16-17-12(14-3-1-9-20-14)7-5-11-6-8-13(19-18-11)15-4-2-10-21-15/h1-4,9-10H,5-8,16H2/b17-12-. The monoisotopic (exact) mass is 316 g/mol. The maximum atomic E-state index is 5.49. The van der Waals surface area contributed by atoms with Gasteiger partial charge in [0.25, 0.3) is 0 Å². The number of hydrogen-bond donors (Lipinski definition) is 1. The number of hydrazone groups is 1. The topological polar surface area (TPSA) is 63.1 Å². The fraction of sp³-hybridized carbons (Fsp3) is 0.267. The highest BCUT2D eigenvalue weighted by atomic mass is 32.1. The van der Waals surface area contributed by atoms with Crippen LogP contribution in [-0.2, 0) is 0 Å². The van der Waals surface area contributed by atoms with Crippen LogP contribution in [0.1, 0.15) is 35.4 Å². The molecule has 1 aliphatic heterocycles. The normalized spacial score (nSPS) is 15.7. The van der Waals surface area contributed by atoms with Crippen LogP contribution in [0.2, 0.25) is 0 Å². The third-order valence-corrected chi connectivity index (χ3v) is 5.22. The van der Waals surface area contributed by atoms with E-state index in [4.69, 9.17) is 5.84 Å². The molecular weight excluding hydrogens is 300 g/mol. The van der Waals surface area contributed by atoms with Crippen molar-refractivity contribution in [1.29, 1.82) is 0 Å². The van der Waals surface area contributed by atoms with Crippen LogP contribution in [0.3, 0.4) is 0 Å². The second kappa shape index (κ2) is 6.78. The Morgan fingerprint density at radius 2 is 2.00 bits per heavy atom. The molecule has 0 spiro atoms. The molecule has 3 rings (SSSR count). The van der Waals surface area contributed by atoms with Gasteiger partial charge in [0.2, 0.25) is 0 Å². The zero-order chi connectivity index (χ0) is 14.5. The summed E-state index contributed by atoms with van der Waals surface area (Å²) in [5.41, 5.74) is 3.17. The summed E-state index contributed by atoms with van der Waals surface area (Å²) in [7, 11) is 0. The maximum absolute atomic E-state index is 5.49. The molecule has 0 bridgehead atoms. The van der Waals surface area contributed by atoms with Crippen LogP contribution in [0.5, 0.6) is 0 Å². The number of rotatable bonds is 5. The Morgan fingerprint density at radius 3 is 2.62 bits per heavy atom. The Morgan fingerprint density at radius 1 is 1.14 bits per heavy atom. The highest BCUT2D eigenvalue weighted by Crippen LogP contribution is 2.19. The summed E-state index contributed by atoms with van der Waals surface area (Å²) < 4.78 is 0. The molecule has 2 aromatic rings. The van der Waals surface area contributed by atoms with Gasteiger partial charge in [-0.15, -0.1) is 22.7 Å². The minimum Gasteiger partial charge on any atom is -0.323 e. The van der Waals surface area contributed by atoms with Gasteiger partial charge in [-0.25, -0.2) is 0 Å². The third kappa shape index (κ3) is 3.46. The molecule has 0 unspecified atom stereocenters. The molecule has 0 amide bonds. The van der Waals surface area contributed by atoms with Gasteiger partial charge in [-0.3, -0.25) is 0 Å². The summed E-state index contributed by atoms with van der Waals surface area (Å²) in [5, 5.41) is 16.8. The van der Waals surface area contributed by atoms with Crippen LogP contribution in [-0.4, -0.2) is 17.1 Å². The smallest absolute Gasteiger partial charge is 0.0805 e. The molecule has 2 aromatic heterocycles. The van der Waals surface area contributed by atoms with E-state index in [1.165, 1.54) is 4.88 Å². The highest BCUT2D eigenvalue weighted by Gasteiger charge is 2.14. The maximum Gasteiger partial charge on any atom is 0.0805 e. The van der Waals surface area contributed by atoms with E-state index in [-0.39, 0.29) is 0 Å². The van der Waals surface area contributed by atoms with Crippen LogP contribution in [0.4, 0.5) is 0 Å². The first-order chi connectivity index (χ1) is 10.4. The van der Waals surface area contributed by atoms with E-state index in [1.807, 2.05) is 23.6 Å². The van der Waals surface area contributed by atoms with Gasteiger partial charge < -0.3 is 5.84 Å². The molecule has 3 heterocycles. The molecule has 0 aliphatic carbocycles. The van der Waals surface area contributed by atoms with Gasteiger partial charge in [0.05, 0.1) is 21.2 Å². The third-order valence-electron chi connectivity index (χ3n) is 3.38. The van der Waals surface area contributed by atoms with Crippen LogP contribution in [0.15, 0.2) is 50.3 Å². The Bertz CT molecular complexity index is 667. The predicted octanol–water partition coefficient (Wildman–Crippen LogP) is 3.89. The molecule has 2 N–H and O–H groups in total. The largest absolute Gasteiger partial charge is 0.323 e. The number of hydrogen-bond acceptors (Lipinski definition) is 6. The van der Waals surface area contributed by atoms with Crippen molar-refractivity contribution >= 4 is 39.8 Å². The highest BCUT2D eigenvalue weighted by molar-refractivity contribution is 7.12. The van der Waals surface area contributed by atoms with Gasteiger partial charge in [0, 0.05) is 5.71 Å². The van der Waals surface area contributed by atoms with Gasteiger partial charge in [0.1, 0.15) is 0 Å². The number of nitrogens with zero attached hydrogens (tertiary/aromatic N) is 3. The van der Waals surface area contributed by atoms with Gasteiger partial charge >= 0.3 is 0 Å². The zero-order valence-corrected chi connectivity index (χ0v) is 13.2. The second-order valence-electron chi connectivity index (χ2n) is 4.74. The lowest BCUT2D eigenvalue weighted by molar-refractivity contribution is 0.971. The summed E-state index contributed by atoms with van der Waals surface area (Å²) in [4.78, 5) is 2.36. The van der Waals surface area contributed by atoms with Crippen molar-refractivity contribution < 1.29 is 0 Å². The molecule has 0 fully saturated rings. The van der Waals surface area contributed by atoms with Crippen molar-refractivity contribution in [3.8, 4) is 0 Å². The van der Waals surface area contributed by atoms with Gasteiger partial charge in [-0.2, -0.15) is 15.3 Å². The fourth-order valence-electron chi connectivity index (χ4n) is 2.24. The van der Waals surface area contributed by atoms with E-state index in [0.29, 0.717) is 0 Å². The SMILES string of the molecule is N/N=C(/CCC1=NN=C(c2cccs2)CC1)c1cccs1. The van der Waals surface area contributed by atoms with E-state index in [2.05, 4.69) is 26.8 Å². The molecule has 0 radical (unpaired) electrons. The fourth-order valence-corrected chi connectivity index (χ4v) is 3.73. The van der Waals surface area contributed by atoms with E-state index in [9.17, 15) is 0 Å². The van der Waals surface area contributed by atoms with Crippen molar-refractivity contribution in [3.05, 3.63) is 44.8 Å². The number of thiophene rings is 2. The first kappa shape index (κ1) is 14.2. The summed E-state index contributed by atoms with van der Waals surface area (Å²) in [6.07, 6.45) is 3.63. The quantitative estimate of drug-likeness (QED) is 0.507. The van der Waals surface area contributed by atoms with Crippen LogP contribution in [0.25, 0.3) is 0 Å². The van der Waals surface area contributed by atoms with Crippen molar-refractivity contribution in [2.75, 3.05) is 0 Å². The molecule has 6 heteroatoms. The molecule has 0 saturated carbocycles. The lowest BCUT2D eigenvalue weighted by atomic mass is 10.0. The Balaban J connectivity index is 1.62. The molecule has 21 heavy (non-hydrogen) atoms. The van der Waals surface area contributed by atoms with Crippen molar-refractivity contribution in [1.82, 2.24) is 0 Å². The minimum absolute atomic E-state index is 0.819. The van der Waals surface area contributed by atoms with Gasteiger partial charge in [-0.1, -0.05) is 12.1 Å². The van der Waals surface area contributed by atoms with Crippen LogP contribution >= 0.6 is 22.7 Å². The molecular formula is C15H16N4S2. The number of nitrogens with two attached hydrogens (primary N) is 1. The molecule has 4 nitrogen and oxygen atoms in total. The average molecular weight is 316 g/mol. The van der Waals surface area contributed by atoms with Gasteiger partial charge in [0.15, 0.2) is 0 Å². The van der Waals surface area contributed by atoms with Crippen LogP contribution in [0, 0.1) is 0 Å². The first-order valence-corrected chi connectivity index (χ1v) is 8.59. The summed E-state index contributed by atoms with van der Waals surface area (Å²) in [6, 6.07) is 8.21. The molecule has 0 aromatic carbocycles. The molecule has 0 atom stereocenters. The predicted molar refractivity (Wildman–Crippen MR) is 91.8 cm³/mol. The Kier molecular flexibility index (Phi) is 4.57. The van der Waals surface area contributed by atoms with E-state index >= 15 is 0 Å². The summed E-state index contributed by atoms with van der Waals surface area (Å²) >= 11 is 3.38. The van der Waals surface area contributed by atoms with Gasteiger partial charge in [-0.05, 0) is 48.6 Å². The summed E-state index contributed by atoms with van der Waals surface area (Å²) in [6.45, 7) is 0. The van der Waals surface area contributed by atoms with Crippen LogP contribution < -0.4 is 5.84 Å². The van der Waals surface area contributed by atoms with Crippen molar-refractivity contribution in [2.24, 2.45) is 21.1 Å². The Hall–Kier alpha value is -1.79. The minimum atomic E-state index is 0.819. The van der Waals surface area contributed by atoms with E-state index in [1.54, 1.807) is 22.7 Å². The molecule has 0 saturated heterocycles. The lowest BCUT2D eigenvalue weighted by Crippen LogP contribution is -2.12. The molecule has 1 aliphatic rings. The second-order valence-corrected chi connectivity index (χ2v) is 6.64. The Labute approximate surface area is 131 Å². The van der Waals surface area contributed by atoms with E-state index in [0.717, 1.165) is 47.7 Å². The summed E-state index contributed by atoms with van der Waals surface area (Å²) in [5.74, 6) is 5.49. The molecule has 108 valence electrons. The average Bonchev–Trinajstić information content (AvgIpc) is 3.22.